The zero-order chi connectivity index (χ0) is 22.5. The molecule has 1 saturated carbocycles. The summed E-state index contributed by atoms with van der Waals surface area (Å²) in [7, 11) is 1.59. The Labute approximate surface area is 182 Å². The van der Waals surface area contributed by atoms with Crippen molar-refractivity contribution in [1.82, 2.24) is 25.3 Å². The minimum absolute atomic E-state index is 0.0319. The topological polar surface area (TPSA) is 123 Å². The van der Waals surface area contributed by atoms with E-state index >= 15 is 0 Å². The fraction of sp³-hybridized carbons (Fsp3) is 0.619. The number of H-pyrrole nitrogens is 1. The van der Waals surface area contributed by atoms with E-state index < -0.39 is 0 Å². The molecule has 1 fully saturated rings. The van der Waals surface area contributed by atoms with Crippen molar-refractivity contribution in [3.63, 3.8) is 0 Å². The lowest BCUT2D eigenvalue weighted by Crippen LogP contribution is -2.33. The molecule has 0 aromatic carbocycles. The Morgan fingerprint density at radius 3 is 2.71 bits per heavy atom. The molecule has 3 rings (SSSR count). The molecule has 0 spiro atoms. The maximum absolute atomic E-state index is 12.8. The summed E-state index contributed by atoms with van der Waals surface area (Å²) >= 11 is 0. The number of carbonyl (C=O) groups excluding carboxylic acids is 2. The monoisotopic (exact) mass is 432 g/mol. The lowest BCUT2D eigenvalue weighted by atomic mass is 10.0. The average Bonchev–Trinajstić information content (AvgIpc) is 3.40. The maximum Gasteiger partial charge on any atom is 0.407 e. The third-order valence-electron chi connectivity index (χ3n) is 5.14. The van der Waals surface area contributed by atoms with Crippen molar-refractivity contribution in [1.29, 1.82) is 0 Å². The highest BCUT2D eigenvalue weighted by molar-refractivity contribution is 6.02. The van der Waals surface area contributed by atoms with Crippen LogP contribution >= 0.6 is 0 Å². The summed E-state index contributed by atoms with van der Waals surface area (Å²) in [5.41, 5.74) is 2.07. The van der Waals surface area contributed by atoms with Gasteiger partial charge in [0.15, 0.2) is 5.82 Å². The van der Waals surface area contributed by atoms with E-state index in [1.165, 1.54) is 0 Å². The van der Waals surface area contributed by atoms with Gasteiger partial charge in [0.25, 0.3) is 5.91 Å². The number of hydrogen-bond donors (Lipinski definition) is 3. The summed E-state index contributed by atoms with van der Waals surface area (Å²) in [5, 5.41) is 17.3. The summed E-state index contributed by atoms with van der Waals surface area (Å²) in [6.45, 7) is 8.06. The number of amides is 2. The van der Waals surface area contributed by atoms with Crippen molar-refractivity contribution in [2.45, 2.75) is 77.7 Å². The molecule has 170 valence electrons. The number of methoxy groups -OCH3 is 1. The van der Waals surface area contributed by atoms with Crippen molar-refractivity contribution in [3.05, 3.63) is 29.2 Å². The molecule has 1 aliphatic rings. The molecule has 10 heteroatoms. The molecule has 1 aliphatic carbocycles. The Hall–Kier alpha value is -2.88. The van der Waals surface area contributed by atoms with Gasteiger partial charge in [-0.05, 0) is 53.0 Å². The van der Waals surface area contributed by atoms with E-state index in [0.29, 0.717) is 23.8 Å². The molecule has 0 bridgehead atoms. The molecule has 10 nitrogen and oxygen atoms in total. The highest BCUT2D eigenvalue weighted by Crippen LogP contribution is 2.35. The van der Waals surface area contributed by atoms with Crippen LogP contribution in [0.1, 0.15) is 80.8 Å². The maximum atomic E-state index is 12.8. The predicted molar refractivity (Wildman–Crippen MR) is 115 cm³/mol. The number of aromatic amines is 1. The third kappa shape index (κ3) is 5.84. The minimum Gasteiger partial charge on any atom is -0.446 e. The summed E-state index contributed by atoms with van der Waals surface area (Å²) in [4.78, 5) is 24.6. The molecular formula is C21H32N6O4. The van der Waals surface area contributed by atoms with E-state index in [1.54, 1.807) is 17.9 Å². The second kappa shape index (κ2) is 9.95. The molecule has 0 radical (unpaired) electrons. The molecular weight excluding hydrogens is 400 g/mol. The van der Waals surface area contributed by atoms with Crippen molar-refractivity contribution in [2.24, 2.45) is 0 Å². The second-order valence-corrected chi connectivity index (χ2v) is 8.49. The number of rotatable bonds is 8. The van der Waals surface area contributed by atoms with E-state index in [9.17, 15) is 9.59 Å². The fourth-order valence-corrected chi connectivity index (χ4v) is 3.77. The van der Waals surface area contributed by atoms with Crippen LogP contribution in [0.2, 0.25) is 0 Å². The van der Waals surface area contributed by atoms with E-state index in [0.717, 1.165) is 25.0 Å². The van der Waals surface area contributed by atoms with Gasteiger partial charge in [-0.25, -0.2) is 4.79 Å². The van der Waals surface area contributed by atoms with Gasteiger partial charge in [-0.15, -0.1) is 0 Å². The van der Waals surface area contributed by atoms with Gasteiger partial charge in [0, 0.05) is 36.9 Å². The number of anilines is 1. The Kier molecular flexibility index (Phi) is 7.32. The Bertz CT molecular complexity index is 904. The first kappa shape index (κ1) is 22.8. The second-order valence-electron chi connectivity index (χ2n) is 8.49. The van der Waals surface area contributed by atoms with Gasteiger partial charge in [-0.3, -0.25) is 14.6 Å². The summed E-state index contributed by atoms with van der Waals surface area (Å²) in [6.07, 6.45) is 1.90. The molecule has 31 heavy (non-hydrogen) atoms. The zero-order valence-corrected chi connectivity index (χ0v) is 18.8. The molecule has 0 aliphatic heterocycles. The van der Waals surface area contributed by atoms with Crippen molar-refractivity contribution in [3.8, 4) is 0 Å². The van der Waals surface area contributed by atoms with Crippen LogP contribution in [0, 0.1) is 0 Å². The van der Waals surface area contributed by atoms with Gasteiger partial charge in [-0.2, -0.15) is 10.2 Å². The van der Waals surface area contributed by atoms with Crippen LogP contribution in [0.3, 0.4) is 0 Å². The van der Waals surface area contributed by atoms with Gasteiger partial charge in [0.2, 0.25) is 0 Å². The average molecular weight is 433 g/mol. The molecule has 3 N–H and O–H groups in total. The van der Waals surface area contributed by atoms with E-state index in [4.69, 9.17) is 9.47 Å². The zero-order valence-electron chi connectivity index (χ0n) is 18.8. The molecule has 2 heterocycles. The highest BCUT2D eigenvalue weighted by atomic mass is 16.6. The van der Waals surface area contributed by atoms with Crippen LogP contribution in [0.5, 0.6) is 0 Å². The predicted octanol–water partition coefficient (Wildman–Crippen LogP) is 3.36. The number of aromatic nitrogens is 4. The molecule has 2 amide bonds. The van der Waals surface area contributed by atoms with Gasteiger partial charge in [0.1, 0.15) is 11.8 Å². The third-order valence-corrected chi connectivity index (χ3v) is 5.14. The summed E-state index contributed by atoms with van der Waals surface area (Å²) in [5.74, 6) is 0.371. The van der Waals surface area contributed by atoms with Crippen molar-refractivity contribution in [2.75, 3.05) is 12.4 Å². The largest absolute Gasteiger partial charge is 0.446 e. The number of carbonyl (C=O) groups is 2. The lowest BCUT2D eigenvalue weighted by Gasteiger charge is -2.14. The van der Waals surface area contributed by atoms with Crippen LogP contribution in [-0.4, -0.2) is 51.2 Å². The standard InChI is InChI=1S/C21H32N6O4/c1-12(2)22-21(29)31-16-7-6-14(8-16)17-10-19(25-24-17)23-20(28)18-9-15(11-30-5)26-27(18)13(3)4/h9-10,12-14,16H,6-8,11H2,1-5H3,(H,22,29)(H2,23,24,25,28)/t14-,16+/m0/s1. The van der Waals surface area contributed by atoms with Crippen molar-refractivity contribution < 1.29 is 19.1 Å². The Morgan fingerprint density at radius 1 is 1.26 bits per heavy atom. The first-order chi connectivity index (χ1) is 14.8. The van der Waals surface area contributed by atoms with Crippen LogP contribution in [0.15, 0.2) is 12.1 Å². The van der Waals surface area contributed by atoms with Gasteiger partial charge in [0.05, 0.1) is 12.3 Å². The number of hydrogen-bond acceptors (Lipinski definition) is 6. The summed E-state index contributed by atoms with van der Waals surface area (Å²) < 4.78 is 12.3. The minimum atomic E-state index is -0.382. The van der Waals surface area contributed by atoms with E-state index in [2.05, 4.69) is 25.9 Å². The van der Waals surface area contributed by atoms with Crippen LogP contribution < -0.4 is 10.6 Å². The van der Waals surface area contributed by atoms with Gasteiger partial charge in [-0.1, -0.05) is 0 Å². The van der Waals surface area contributed by atoms with Gasteiger partial charge < -0.3 is 20.1 Å². The molecule has 0 unspecified atom stereocenters. The normalized spacial score (nSPS) is 18.5. The number of ether oxygens (including phenoxy) is 2. The fourth-order valence-electron chi connectivity index (χ4n) is 3.77. The molecule has 2 atom stereocenters. The number of nitrogens with zero attached hydrogens (tertiary/aromatic N) is 3. The van der Waals surface area contributed by atoms with Crippen LogP contribution in [-0.2, 0) is 16.1 Å². The quantitative estimate of drug-likeness (QED) is 0.588. The first-order valence-corrected chi connectivity index (χ1v) is 10.7. The van der Waals surface area contributed by atoms with Crippen LogP contribution in [0.4, 0.5) is 10.6 Å². The van der Waals surface area contributed by atoms with Crippen molar-refractivity contribution >= 4 is 17.8 Å². The first-order valence-electron chi connectivity index (χ1n) is 10.7. The Morgan fingerprint density at radius 2 is 2.03 bits per heavy atom. The highest BCUT2D eigenvalue weighted by Gasteiger charge is 2.30. The Balaban J connectivity index is 1.60. The lowest BCUT2D eigenvalue weighted by molar-refractivity contribution is 0.0979. The molecule has 2 aromatic heterocycles. The smallest absolute Gasteiger partial charge is 0.407 e. The molecule has 2 aromatic rings. The van der Waals surface area contributed by atoms with Gasteiger partial charge >= 0.3 is 6.09 Å². The van der Waals surface area contributed by atoms with E-state index in [-0.39, 0.29) is 36.1 Å². The van der Waals surface area contributed by atoms with Crippen LogP contribution in [0.25, 0.3) is 0 Å². The number of alkyl carbamates (subject to hydrolysis) is 1. The summed E-state index contributed by atoms with van der Waals surface area (Å²) in [6, 6.07) is 3.64. The van der Waals surface area contributed by atoms with E-state index in [1.807, 2.05) is 33.8 Å². The molecule has 0 saturated heterocycles. The SMILES string of the molecule is COCc1cc(C(=O)Nc2cc([C@H]3CC[C@@H](OC(=O)NC(C)C)C3)[nH]n2)n(C(C)C)n1. The number of nitrogens with one attached hydrogen (secondary N) is 3.